The minimum absolute atomic E-state index is 0.0788. The van der Waals surface area contributed by atoms with E-state index in [0.717, 1.165) is 42.9 Å². The highest BCUT2D eigenvalue weighted by atomic mass is 16.5. The van der Waals surface area contributed by atoms with Crippen molar-refractivity contribution in [1.29, 1.82) is 0 Å². The van der Waals surface area contributed by atoms with E-state index >= 15 is 0 Å². The standard InChI is InChI=1S/C21H25N3O3/c1-27-19-6-4-5-16(13-19)14-23-20(25)15-22-18-9-7-17(8-10-18)21(26)24-11-2-3-12-24/h4-10,13,22H,2-3,11-12,14-15H2,1H3,(H,23,25). The van der Waals surface area contributed by atoms with Crippen LogP contribution in [0.4, 0.5) is 5.69 Å². The molecule has 2 aromatic rings. The highest BCUT2D eigenvalue weighted by Gasteiger charge is 2.19. The molecule has 1 aliphatic heterocycles. The summed E-state index contributed by atoms with van der Waals surface area (Å²) in [5.41, 5.74) is 2.47. The van der Waals surface area contributed by atoms with Crippen LogP contribution in [0.25, 0.3) is 0 Å². The summed E-state index contributed by atoms with van der Waals surface area (Å²) in [6, 6.07) is 14.9. The number of nitrogens with zero attached hydrogens (tertiary/aromatic N) is 1. The second-order valence-corrected chi connectivity index (χ2v) is 6.56. The van der Waals surface area contributed by atoms with Gasteiger partial charge in [-0.1, -0.05) is 12.1 Å². The van der Waals surface area contributed by atoms with Crippen LogP contribution in [0.15, 0.2) is 48.5 Å². The van der Waals surface area contributed by atoms with Crippen LogP contribution in [0.3, 0.4) is 0 Å². The number of carbonyl (C=O) groups is 2. The second-order valence-electron chi connectivity index (χ2n) is 6.56. The quantitative estimate of drug-likeness (QED) is 0.789. The van der Waals surface area contributed by atoms with E-state index in [1.807, 2.05) is 41.3 Å². The molecule has 1 saturated heterocycles. The van der Waals surface area contributed by atoms with Gasteiger partial charge in [-0.3, -0.25) is 9.59 Å². The molecule has 0 unspecified atom stereocenters. The lowest BCUT2D eigenvalue weighted by Gasteiger charge is -2.15. The Morgan fingerprint density at radius 1 is 1.07 bits per heavy atom. The topological polar surface area (TPSA) is 70.7 Å². The van der Waals surface area contributed by atoms with Gasteiger partial charge in [-0.15, -0.1) is 0 Å². The molecule has 2 amide bonds. The third kappa shape index (κ3) is 5.23. The fourth-order valence-corrected chi connectivity index (χ4v) is 3.06. The van der Waals surface area contributed by atoms with Gasteiger partial charge in [-0.25, -0.2) is 0 Å². The highest BCUT2D eigenvalue weighted by molar-refractivity contribution is 5.94. The second kappa shape index (κ2) is 9.07. The first-order valence-corrected chi connectivity index (χ1v) is 9.18. The lowest BCUT2D eigenvalue weighted by atomic mass is 10.2. The minimum Gasteiger partial charge on any atom is -0.497 e. The van der Waals surface area contributed by atoms with E-state index < -0.39 is 0 Å². The summed E-state index contributed by atoms with van der Waals surface area (Å²) in [6.07, 6.45) is 2.16. The van der Waals surface area contributed by atoms with Gasteiger partial charge in [0.05, 0.1) is 13.7 Å². The monoisotopic (exact) mass is 367 g/mol. The van der Waals surface area contributed by atoms with Crippen LogP contribution in [-0.2, 0) is 11.3 Å². The SMILES string of the molecule is COc1cccc(CNC(=O)CNc2ccc(C(=O)N3CCCC3)cc2)c1. The van der Waals surface area contributed by atoms with Crippen molar-refractivity contribution in [1.82, 2.24) is 10.2 Å². The molecule has 2 N–H and O–H groups in total. The zero-order valence-electron chi connectivity index (χ0n) is 15.5. The predicted octanol–water partition coefficient (Wildman–Crippen LogP) is 2.66. The van der Waals surface area contributed by atoms with Crippen LogP contribution in [0.5, 0.6) is 5.75 Å². The first-order valence-electron chi connectivity index (χ1n) is 9.18. The molecule has 0 aromatic heterocycles. The Kier molecular flexibility index (Phi) is 6.30. The van der Waals surface area contributed by atoms with Gasteiger partial charge < -0.3 is 20.3 Å². The number of hydrogen-bond donors (Lipinski definition) is 2. The zero-order chi connectivity index (χ0) is 19.1. The Hall–Kier alpha value is -3.02. The molecule has 0 spiro atoms. The molecule has 6 heteroatoms. The summed E-state index contributed by atoms with van der Waals surface area (Å²) >= 11 is 0. The number of carbonyl (C=O) groups excluding carboxylic acids is 2. The van der Waals surface area contributed by atoms with Gasteiger partial charge in [0.1, 0.15) is 5.75 Å². The summed E-state index contributed by atoms with van der Waals surface area (Å²) in [5, 5.41) is 5.95. The first kappa shape index (κ1) is 18.8. The molecular weight excluding hydrogens is 342 g/mol. The molecule has 1 heterocycles. The van der Waals surface area contributed by atoms with Crippen molar-refractivity contribution in [2.24, 2.45) is 0 Å². The van der Waals surface area contributed by atoms with E-state index in [1.165, 1.54) is 0 Å². The average molecular weight is 367 g/mol. The number of anilines is 1. The van der Waals surface area contributed by atoms with Crippen LogP contribution in [0.2, 0.25) is 0 Å². The molecule has 2 aromatic carbocycles. The van der Waals surface area contributed by atoms with E-state index in [4.69, 9.17) is 4.74 Å². The maximum atomic E-state index is 12.3. The highest BCUT2D eigenvalue weighted by Crippen LogP contribution is 2.15. The predicted molar refractivity (Wildman–Crippen MR) is 105 cm³/mol. The van der Waals surface area contributed by atoms with E-state index in [9.17, 15) is 9.59 Å². The molecule has 142 valence electrons. The van der Waals surface area contributed by atoms with E-state index in [0.29, 0.717) is 12.1 Å². The molecular formula is C21H25N3O3. The smallest absolute Gasteiger partial charge is 0.253 e. The summed E-state index contributed by atoms with van der Waals surface area (Å²) in [6.45, 7) is 2.29. The van der Waals surface area contributed by atoms with Crippen LogP contribution >= 0.6 is 0 Å². The number of ether oxygens (including phenoxy) is 1. The Labute approximate surface area is 159 Å². The lowest BCUT2D eigenvalue weighted by Crippen LogP contribution is -2.29. The van der Waals surface area contributed by atoms with Crippen molar-refractivity contribution in [3.05, 3.63) is 59.7 Å². The minimum atomic E-state index is -0.102. The van der Waals surface area contributed by atoms with Crippen molar-refractivity contribution >= 4 is 17.5 Å². The zero-order valence-corrected chi connectivity index (χ0v) is 15.5. The van der Waals surface area contributed by atoms with Crippen molar-refractivity contribution in [2.45, 2.75) is 19.4 Å². The molecule has 1 aliphatic rings. The maximum Gasteiger partial charge on any atom is 0.253 e. The summed E-state index contributed by atoms with van der Waals surface area (Å²) in [4.78, 5) is 26.2. The fraction of sp³-hybridized carbons (Fsp3) is 0.333. The van der Waals surface area contributed by atoms with E-state index in [1.54, 1.807) is 19.2 Å². The number of methoxy groups -OCH3 is 1. The van der Waals surface area contributed by atoms with Gasteiger partial charge in [0.25, 0.3) is 5.91 Å². The van der Waals surface area contributed by atoms with E-state index in [-0.39, 0.29) is 18.4 Å². The molecule has 0 aliphatic carbocycles. The number of amides is 2. The first-order chi connectivity index (χ1) is 13.2. The largest absolute Gasteiger partial charge is 0.497 e. The fourth-order valence-electron chi connectivity index (χ4n) is 3.06. The van der Waals surface area contributed by atoms with Gasteiger partial charge in [-0.2, -0.15) is 0 Å². The normalized spacial score (nSPS) is 13.3. The average Bonchev–Trinajstić information content (AvgIpc) is 3.25. The molecule has 0 atom stereocenters. The number of hydrogen-bond acceptors (Lipinski definition) is 4. The molecule has 0 radical (unpaired) electrons. The van der Waals surface area contributed by atoms with Crippen LogP contribution in [-0.4, -0.2) is 43.5 Å². The molecule has 6 nitrogen and oxygen atoms in total. The van der Waals surface area contributed by atoms with Crippen molar-refractivity contribution in [2.75, 3.05) is 32.1 Å². The summed E-state index contributed by atoms with van der Waals surface area (Å²) < 4.78 is 5.17. The molecule has 1 fully saturated rings. The maximum absolute atomic E-state index is 12.3. The third-order valence-electron chi connectivity index (χ3n) is 4.60. The van der Waals surface area contributed by atoms with E-state index in [2.05, 4.69) is 10.6 Å². The summed E-state index contributed by atoms with van der Waals surface area (Å²) in [7, 11) is 1.62. The van der Waals surface area contributed by atoms with Crippen LogP contribution in [0, 0.1) is 0 Å². The number of nitrogens with one attached hydrogen (secondary N) is 2. The molecule has 0 bridgehead atoms. The van der Waals surface area contributed by atoms with Gasteiger partial charge in [0.15, 0.2) is 0 Å². The van der Waals surface area contributed by atoms with Crippen molar-refractivity contribution < 1.29 is 14.3 Å². The third-order valence-corrected chi connectivity index (χ3v) is 4.60. The number of benzene rings is 2. The Morgan fingerprint density at radius 3 is 2.52 bits per heavy atom. The van der Waals surface area contributed by atoms with Gasteiger partial charge in [-0.05, 0) is 54.8 Å². The molecule has 0 saturated carbocycles. The van der Waals surface area contributed by atoms with Gasteiger partial charge in [0.2, 0.25) is 5.91 Å². The van der Waals surface area contributed by atoms with Crippen molar-refractivity contribution in [3.8, 4) is 5.75 Å². The summed E-state index contributed by atoms with van der Waals surface area (Å²) in [5.74, 6) is 0.744. The number of likely N-dealkylation sites (tertiary alicyclic amines) is 1. The molecule has 27 heavy (non-hydrogen) atoms. The number of rotatable bonds is 7. The Bertz CT molecular complexity index is 784. The van der Waals surface area contributed by atoms with Crippen LogP contribution in [0.1, 0.15) is 28.8 Å². The lowest BCUT2D eigenvalue weighted by molar-refractivity contribution is -0.119. The Balaban J connectivity index is 1.45. The van der Waals surface area contributed by atoms with Crippen molar-refractivity contribution in [3.63, 3.8) is 0 Å². The van der Waals surface area contributed by atoms with Gasteiger partial charge in [0, 0.05) is 30.9 Å². The van der Waals surface area contributed by atoms with Crippen LogP contribution < -0.4 is 15.4 Å². The Morgan fingerprint density at radius 2 is 1.81 bits per heavy atom. The molecule has 3 rings (SSSR count). The van der Waals surface area contributed by atoms with Gasteiger partial charge >= 0.3 is 0 Å².